The molecular weight excluding hydrogens is 316 g/mol. The summed E-state index contributed by atoms with van der Waals surface area (Å²) >= 11 is 1.20. The number of thioether (sulfide) groups is 1. The van der Waals surface area contributed by atoms with Gasteiger partial charge in [-0.25, -0.2) is 9.59 Å². The van der Waals surface area contributed by atoms with Crippen molar-refractivity contribution in [2.45, 2.75) is 11.6 Å². The van der Waals surface area contributed by atoms with Crippen LogP contribution in [0.5, 0.6) is 0 Å². The number of fused-ring (bicyclic) bond motifs is 1. The topological polar surface area (TPSA) is 81.3 Å². The zero-order valence-corrected chi connectivity index (χ0v) is 13.2. The number of carboxylic acids is 1. The number of aromatic nitrogens is 2. The third-order valence-corrected chi connectivity index (χ3v) is 4.89. The second-order valence-corrected chi connectivity index (χ2v) is 6.16. The molecule has 2 aromatic rings. The van der Waals surface area contributed by atoms with E-state index in [2.05, 4.69) is 0 Å². The van der Waals surface area contributed by atoms with Crippen molar-refractivity contribution in [1.82, 2.24) is 9.13 Å². The Morgan fingerprint density at radius 2 is 1.96 bits per heavy atom. The summed E-state index contributed by atoms with van der Waals surface area (Å²) in [6.07, 6.45) is 1.37. The minimum Gasteiger partial charge on any atom is -0.478 e. The minimum atomic E-state index is -1.05. The fourth-order valence-corrected chi connectivity index (χ4v) is 3.53. The summed E-state index contributed by atoms with van der Waals surface area (Å²) in [5.74, 6) is -0.816. The summed E-state index contributed by atoms with van der Waals surface area (Å²) in [6, 6.07) is 9.19. The molecule has 0 saturated heterocycles. The monoisotopic (exact) mass is 330 g/mol. The third kappa shape index (κ3) is 2.75. The normalized spacial score (nSPS) is 13.3. The highest BCUT2D eigenvalue weighted by atomic mass is 32.2. The van der Waals surface area contributed by atoms with Gasteiger partial charge in [-0.15, -0.1) is 11.8 Å². The number of carboxylic acid groups (broad SMARTS) is 1. The summed E-state index contributed by atoms with van der Waals surface area (Å²) in [4.78, 5) is 36.3. The van der Waals surface area contributed by atoms with Crippen LogP contribution in [0.3, 0.4) is 0 Å². The predicted molar refractivity (Wildman–Crippen MR) is 87.8 cm³/mol. The smallest absolute Gasteiger partial charge is 0.332 e. The van der Waals surface area contributed by atoms with Gasteiger partial charge >= 0.3 is 11.7 Å². The van der Waals surface area contributed by atoms with Gasteiger partial charge in [0, 0.05) is 18.4 Å². The Labute approximate surface area is 135 Å². The maximum Gasteiger partial charge on any atom is 0.332 e. The van der Waals surface area contributed by atoms with E-state index in [0.29, 0.717) is 5.03 Å². The van der Waals surface area contributed by atoms with Gasteiger partial charge < -0.3 is 5.11 Å². The van der Waals surface area contributed by atoms with E-state index in [1.807, 2.05) is 30.3 Å². The number of hydrogen-bond acceptors (Lipinski definition) is 4. The number of benzene rings is 1. The van der Waals surface area contributed by atoms with Gasteiger partial charge in [-0.2, -0.15) is 0 Å². The van der Waals surface area contributed by atoms with Gasteiger partial charge in [0.1, 0.15) is 0 Å². The van der Waals surface area contributed by atoms with Crippen molar-refractivity contribution in [3.05, 3.63) is 67.9 Å². The Bertz CT molecular complexity index is 926. The van der Waals surface area contributed by atoms with E-state index in [4.69, 9.17) is 5.11 Å². The van der Waals surface area contributed by atoms with E-state index in [-0.39, 0.29) is 23.4 Å². The number of hydrogen-bond donors (Lipinski definition) is 1. The van der Waals surface area contributed by atoms with Crippen molar-refractivity contribution in [3.8, 4) is 0 Å². The maximum atomic E-state index is 12.7. The largest absolute Gasteiger partial charge is 0.478 e. The molecule has 0 saturated carbocycles. The molecule has 1 aromatic heterocycles. The number of nitrogens with zero attached hydrogens (tertiary/aromatic N) is 2. The van der Waals surface area contributed by atoms with Gasteiger partial charge in [0.15, 0.2) is 0 Å². The van der Waals surface area contributed by atoms with E-state index < -0.39 is 17.2 Å². The van der Waals surface area contributed by atoms with E-state index in [0.717, 1.165) is 10.1 Å². The molecule has 0 amide bonds. The molecule has 1 aliphatic rings. The molecule has 2 heterocycles. The van der Waals surface area contributed by atoms with Crippen molar-refractivity contribution < 1.29 is 9.90 Å². The minimum absolute atomic E-state index is 0.153. The molecule has 0 unspecified atom stereocenters. The van der Waals surface area contributed by atoms with Crippen molar-refractivity contribution >= 4 is 23.8 Å². The van der Waals surface area contributed by atoms with Gasteiger partial charge in [0.05, 0.1) is 17.1 Å². The first kappa shape index (κ1) is 15.4. The molecule has 1 aliphatic heterocycles. The van der Waals surface area contributed by atoms with Crippen molar-refractivity contribution in [3.63, 3.8) is 0 Å². The lowest BCUT2D eigenvalue weighted by Gasteiger charge is -2.18. The molecule has 6 nitrogen and oxygen atoms in total. The fraction of sp³-hybridized carbons (Fsp3) is 0.188. The standard InChI is InChI=1S/C16H14N2O4S/c1-17-14-12(7-11(9-23-14)15(20)21)13(19)18(16(17)22)8-10-5-3-2-4-6-10/h2-7H,8-9H2,1H3,(H,20,21). The molecule has 0 aliphatic carbocycles. The van der Waals surface area contributed by atoms with Crippen LogP contribution in [0.4, 0.5) is 0 Å². The highest BCUT2D eigenvalue weighted by Crippen LogP contribution is 2.28. The van der Waals surface area contributed by atoms with E-state index in [1.54, 1.807) is 7.05 Å². The highest BCUT2D eigenvalue weighted by molar-refractivity contribution is 7.99. The molecular formula is C16H14N2O4S. The number of rotatable bonds is 3. The average molecular weight is 330 g/mol. The van der Waals surface area contributed by atoms with E-state index >= 15 is 0 Å². The third-order valence-electron chi connectivity index (χ3n) is 3.67. The lowest BCUT2D eigenvalue weighted by Crippen LogP contribution is -2.42. The highest BCUT2D eigenvalue weighted by Gasteiger charge is 2.23. The van der Waals surface area contributed by atoms with Crippen LogP contribution in [0.25, 0.3) is 6.08 Å². The Morgan fingerprint density at radius 1 is 1.26 bits per heavy atom. The average Bonchev–Trinajstić information content (AvgIpc) is 2.57. The van der Waals surface area contributed by atoms with Gasteiger partial charge in [0.2, 0.25) is 0 Å². The fourth-order valence-electron chi connectivity index (χ4n) is 2.46. The van der Waals surface area contributed by atoms with Crippen LogP contribution in [0.2, 0.25) is 0 Å². The summed E-state index contributed by atoms with van der Waals surface area (Å²) in [5, 5.41) is 9.63. The molecule has 0 radical (unpaired) electrons. The van der Waals surface area contributed by atoms with Crippen LogP contribution in [0.15, 0.2) is 50.5 Å². The van der Waals surface area contributed by atoms with E-state index in [9.17, 15) is 14.4 Å². The zero-order valence-electron chi connectivity index (χ0n) is 12.4. The Kier molecular flexibility index (Phi) is 3.96. The first-order chi connectivity index (χ1) is 11.0. The summed E-state index contributed by atoms with van der Waals surface area (Å²) in [7, 11) is 1.59. The number of aliphatic carboxylic acids is 1. The Balaban J connectivity index is 2.19. The van der Waals surface area contributed by atoms with Crippen LogP contribution in [-0.2, 0) is 18.4 Å². The molecule has 118 valence electrons. The molecule has 0 bridgehead atoms. The lowest BCUT2D eigenvalue weighted by atomic mass is 10.2. The molecule has 0 fully saturated rings. The molecule has 3 rings (SSSR count). The molecule has 23 heavy (non-hydrogen) atoms. The van der Waals surface area contributed by atoms with Crippen LogP contribution >= 0.6 is 11.8 Å². The first-order valence-corrected chi connectivity index (χ1v) is 7.92. The summed E-state index contributed by atoms with van der Waals surface area (Å²) < 4.78 is 2.54. The molecule has 0 atom stereocenters. The van der Waals surface area contributed by atoms with Crippen LogP contribution < -0.4 is 11.2 Å². The van der Waals surface area contributed by atoms with Crippen molar-refractivity contribution in [2.75, 3.05) is 5.75 Å². The van der Waals surface area contributed by atoms with E-state index in [1.165, 1.54) is 22.4 Å². The van der Waals surface area contributed by atoms with Crippen molar-refractivity contribution in [2.24, 2.45) is 7.05 Å². The van der Waals surface area contributed by atoms with Gasteiger partial charge in [-0.1, -0.05) is 30.3 Å². The SMILES string of the molecule is Cn1c2c(c(=O)n(Cc3ccccc3)c1=O)C=C(C(=O)O)CS2. The maximum absolute atomic E-state index is 12.7. The van der Waals surface area contributed by atoms with Crippen LogP contribution in [-0.4, -0.2) is 26.0 Å². The van der Waals surface area contributed by atoms with Gasteiger partial charge in [0.25, 0.3) is 5.56 Å². The molecule has 1 aromatic carbocycles. The predicted octanol–water partition coefficient (Wildman–Crippen LogP) is 1.17. The van der Waals surface area contributed by atoms with Gasteiger partial charge in [-0.05, 0) is 11.6 Å². The van der Waals surface area contributed by atoms with Crippen LogP contribution in [0, 0.1) is 0 Å². The number of carbonyl (C=O) groups is 1. The van der Waals surface area contributed by atoms with Crippen LogP contribution in [0.1, 0.15) is 11.1 Å². The Morgan fingerprint density at radius 3 is 2.61 bits per heavy atom. The van der Waals surface area contributed by atoms with Crippen molar-refractivity contribution in [1.29, 1.82) is 0 Å². The molecule has 0 spiro atoms. The molecule has 1 N–H and O–H groups in total. The summed E-state index contributed by atoms with van der Waals surface area (Å²) in [5.41, 5.74) is 0.383. The lowest BCUT2D eigenvalue weighted by molar-refractivity contribution is -0.132. The second-order valence-electron chi connectivity index (χ2n) is 5.20. The Hall–Kier alpha value is -2.54. The second kappa shape index (κ2) is 5.92. The summed E-state index contributed by atoms with van der Waals surface area (Å²) in [6.45, 7) is 0.153. The quantitative estimate of drug-likeness (QED) is 0.855. The first-order valence-electron chi connectivity index (χ1n) is 6.93. The van der Waals surface area contributed by atoms with Gasteiger partial charge in [-0.3, -0.25) is 13.9 Å². The zero-order chi connectivity index (χ0) is 16.6. The molecule has 7 heteroatoms.